The molecule has 0 spiro atoms. The van der Waals surface area contributed by atoms with Gasteiger partial charge in [0, 0.05) is 17.1 Å². The number of carboxylic acid groups (broad SMARTS) is 1. The fourth-order valence-electron chi connectivity index (χ4n) is 2.78. The van der Waals surface area contributed by atoms with Crippen molar-refractivity contribution >= 4 is 35.0 Å². The number of aryl methyl sites for hydroxylation is 1. The highest BCUT2D eigenvalue weighted by Gasteiger charge is 2.47. The summed E-state index contributed by atoms with van der Waals surface area (Å²) in [7, 11) is 0. The van der Waals surface area contributed by atoms with E-state index in [1.807, 2.05) is 11.4 Å². The Kier molecular flexibility index (Phi) is 4.54. The van der Waals surface area contributed by atoms with Crippen LogP contribution in [0.5, 0.6) is 0 Å². The molecule has 2 atom stereocenters. The van der Waals surface area contributed by atoms with Crippen LogP contribution in [0.15, 0.2) is 17.5 Å². The number of thioether (sulfide) groups is 1. The van der Waals surface area contributed by atoms with Gasteiger partial charge in [0.2, 0.25) is 5.91 Å². The van der Waals surface area contributed by atoms with E-state index in [4.69, 9.17) is 0 Å². The molecule has 21 heavy (non-hydrogen) atoms. The number of hydrogen-bond donors (Lipinski definition) is 1. The van der Waals surface area contributed by atoms with Crippen LogP contribution < -0.4 is 0 Å². The minimum atomic E-state index is -0.864. The van der Waals surface area contributed by atoms with Crippen LogP contribution in [0.1, 0.15) is 30.6 Å². The van der Waals surface area contributed by atoms with Crippen LogP contribution in [-0.2, 0) is 16.0 Å². The molecule has 114 valence electrons. The summed E-state index contributed by atoms with van der Waals surface area (Å²) in [6.45, 7) is 0. The summed E-state index contributed by atoms with van der Waals surface area (Å²) in [6.07, 6.45) is 4.40. The first kappa shape index (κ1) is 14.9. The first-order chi connectivity index (χ1) is 10.2. The first-order valence-corrected chi connectivity index (χ1v) is 9.27. The van der Waals surface area contributed by atoms with Gasteiger partial charge in [0.1, 0.15) is 6.04 Å². The number of nitrogens with zero attached hydrogens (tertiary/aromatic N) is 1. The van der Waals surface area contributed by atoms with Gasteiger partial charge in [0.15, 0.2) is 0 Å². The van der Waals surface area contributed by atoms with Crippen LogP contribution in [-0.4, -0.2) is 39.1 Å². The summed E-state index contributed by atoms with van der Waals surface area (Å²) in [5, 5.41) is 11.5. The second-order valence-electron chi connectivity index (χ2n) is 5.65. The Morgan fingerprint density at radius 2 is 2.19 bits per heavy atom. The van der Waals surface area contributed by atoms with Crippen molar-refractivity contribution < 1.29 is 14.7 Å². The van der Waals surface area contributed by atoms with Gasteiger partial charge in [-0.05, 0) is 43.0 Å². The number of carbonyl (C=O) groups is 2. The Hall–Kier alpha value is -1.01. The molecule has 1 aliphatic carbocycles. The monoisotopic (exact) mass is 325 g/mol. The molecule has 2 fully saturated rings. The summed E-state index contributed by atoms with van der Waals surface area (Å²) in [5.74, 6) is 0.200. The molecule has 3 rings (SSSR count). The molecule has 2 unspecified atom stereocenters. The van der Waals surface area contributed by atoms with Gasteiger partial charge >= 0.3 is 5.97 Å². The SMILES string of the molecule is O=C(O)C1CSC(C2CC2)N1C(=O)CCCc1cccs1. The van der Waals surface area contributed by atoms with Crippen molar-refractivity contribution in [2.45, 2.75) is 43.5 Å². The molecule has 1 aromatic heterocycles. The smallest absolute Gasteiger partial charge is 0.327 e. The van der Waals surface area contributed by atoms with Crippen molar-refractivity contribution in [2.24, 2.45) is 5.92 Å². The summed E-state index contributed by atoms with van der Waals surface area (Å²) in [6, 6.07) is 3.46. The minimum absolute atomic E-state index is 0.0147. The molecule has 1 saturated carbocycles. The van der Waals surface area contributed by atoms with Crippen LogP contribution in [0.2, 0.25) is 0 Å². The molecule has 2 aliphatic rings. The standard InChI is InChI=1S/C15H19NO3S2/c17-13(5-1-3-11-4-2-8-20-11)16-12(15(18)19)9-21-14(16)10-6-7-10/h2,4,8,10,12,14H,1,3,5-7,9H2,(H,18,19). The third-order valence-corrected chi connectivity index (χ3v) is 6.42. The molecule has 1 aromatic rings. The topological polar surface area (TPSA) is 57.6 Å². The van der Waals surface area contributed by atoms with E-state index >= 15 is 0 Å². The maximum Gasteiger partial charge on any atom is 0.327 e. The maximum absolute atomic E-state index is 12.5. The summed E-state index contributed by atoms with van der Waals surface area (Å²) < 4.78 is 0. The summed E-state index contributed by atoms with van der Waals surface area (Å²) in [4.78, 5) is 26.8. The van der Waals surface area contributed by atoms with E-state index in [9.17, 15) is 14.7 Å². The molecule has 2 heterocycles. The van der Waals surface area contributed by atoms with E-state index < -0.39 is 12.0 Å². The number of rotatable bonds is 6. The summed E-state index contributed by atoms with van der Waals surface area (Å²) >= 11 is 3.35. The van der Waals surface area contributed by atoms with E-state index in [0.717, 1.165) is 25.7 Å². The van der Waals surface area contributed by atoms with Gasteiger partial charge in [-0.3, -0.25) is 4.79 Å². The molecular weight excluding hydrogens is 306 g/mol. The van der Waals surface area contributed by atoms with E-state index in [1.165, 1.54) is 4.88 Å². The molecule has 1 N–H and O–H groups in total. The first-order valence-electron chi connectivity index (χ1n) is 7.35. The fourth-order valence-corrected chi connectivity index (χ4v) is 5.18. The molecule has 0 aromatic carbocycles. The lowest BCUT2D eigenvalue weighted by molar-refractivity contribution is -0.149. The minimum Gasteiger partial charge on any atom is -0.480 e. The largest absolute Gasteiger partial charge is 0.480 e. The number of aliphatic carboxylic acids is 1. The van der Waals surface area contributed by atoms with Gasteiger partial charge in [0.05, 0.1) is 5.37 Å². The van der Waals surface area contributed by atoms with Gasteiger partial charge in [-0.2, -0.15) is 0 Å². The molecule has 4 nitrogen and oxygen atoms in total. The Morgan fingerprint density at radius 3 is 2.81 bits per heavy atom. The predicted octanol–water partition coefficient (Wildman–Crippen LogP) is 2.84. The van der Waals surface area contributed by atoms with E-state index in [0.29, 0.717) is 18.1 Å². The highest BCUT2D eigenvalue weighted by molar-refractivity contribution is 8.00. The van der Waals surface area contributed by atoms with Gasteiger partial charge in [-0.15, -0.1) is 23.1 Å². The van der Waals surface area contributed by atoms with Gasteiger partial charge in [-0.25, -0.2) is 4.79 Å². The molecule has 0 bridgehead atoms. The van der Waals surface area contributed by atoms with Crippen LogP contribution >= 0.6 is 23.1 Å². The number of carbonyl (C=O) groups excluding carboxylic acids is 1. The molecule has 6 heteroatoms. The van der Waals surface area contributed by atoms with Crippen molar-refractivity contribution in [3.05, 3.63) is 22.4 Å². The van der Waals surface area contributed by atoms with Crippen LogP contribution in [0.25, 0.3) is 0 Å². The second kappa shape index (κ2) is 6.40. The molecule has 1 amide bonds. The average Bonchev–Trinajstić information content (AvgIpc) is 3.00. The van der Waals surface area contributed by atoms with Crippen LogP contribution in [0.4, 0.5) is 0 Å². The Morgan fingerprint density at radius 1 is 1.38 bits per heavy atom. The zero-order valence-electron chi connectivity index (χ0n) is 11.7. The lowest BCUT2D eigenvalue weighted by atomic mass is 10.1. The van der Waals surface area contributed by atoms with E-state index in [1.54, 1.807) is 28.0 Å². The molecule has 1 saturated heterocycles. The second-order valence-corrected chi connectivity index (χ2v) is 7.83. The van der Waals surface area contributed by atoms with Crippen molar-refractivity contribution in [1.82, 2.24) is 4.90 Å². The Bertz CT molecular complexity index is 513. The quantitative estimate of drug-likeness (QED) is 0.874. The van der Waals surface area contributed by atoms with Crippen LogP contribution in [0, 0.1) is 5.92 Å². The van der Waals surface area contributed by atoms with Gasteiger partial charge < -0.3 is 10.0 Å². The molecule has 0 radical (unpaired) electrons. The maximum atomic E-state index is 12.5. The predicted molar refractivity (Wildman–Crippen MR) is 84.5 cm³/mol. The van der Waals surface area contributed by atoms with E-state index in [-0.39, 0.29) is 11.3 Å². The van der Waals surface area contributed by atoms with Gasteiger partial charge in [-0.1, -0.05) is 6.07 Å². The normalized spacial score (nSPS) is 25.2. The third-order valence-electron chi connectivity index (χ3n) is 4.03. The number of hydrogen-bond acceptors (Lipinski definition) is 4. The van der Waals surface area contributed by atoms with Crippen molar-refractivity contribution in [3.8, 4) is 0 Å². The fraction of sp³-hybridized carbons (Fsp3) is 0.600. The van der Waals surface area contributed by atoms with Gasteiger partial charge in [0.25, 0.3) is 0 Å². The highest BCUT2D eigenvalue weighted by Crippen LogP contribution is 2.45. The third kappa shape index (κ3) is 3.43. The van der Waals surface area contributed by atoms with Crippen molar-refractivity contribution in [1.29, 1.82) is 0 Å². The Balaban J connectivity index is 1.58. The van der Waals surface area contributed by atoms with Crippen molar-refractivity contribution in [3.63, 3.8) is 0 Å². The lowest BCUT2D eigenvalue weighted by Gasteiger charge is -2.27. The zero-order valence-corrected chi connectivity index (χ0v) is 13.4. The number of carboxylic acids is 1. The highest BCUT2D eigenvalue weighted by atomic mass is 32.2. The van der Waals surface area contributed by atoms with E-state index in [2.05, 4.69) is 6.07 Å². The summed E-state index contributed by atoms with van der Waals surface area (Å²) in [5.41, 5.74) is 0. The van der Waals surface area contributed by atoms with Crippen molar-refractivity contribution in [2.75, 3.05) is 5.75 Å². The molecular formula is C15H19NO3S2. The average molecular weight is 325 g/mol. The molecule has 1 aliphatic heterocycles. The Labute approximate surface area is 132 Å². The number of amides is 1. The lowest BCUT2D eigenvalue weighted by Crippen LogP contribution is -2.46. The number of thiophene rings is 1. The zero-order chi connectivity index (χ0) is 14.8. The van der Waals surface area contributed by atoms with Crippen LogP contribution in [0.3, 0.4) is 0 Å².